The summed E-state index contributed by atoms with van der Waals surface area (Å²) < 4.78 is 48.9. The molecular weight excluding hydrogens is 339 g/mol. The molecule has 1 aliphatic heterocycles. The highest BCUT2D eigenvalue weighted by Gasteiger charge is 2.40. The van der Waals surface area contributed by atoms with Gasteiger partial charge in [-0.3, -0.25) is 0 Å². The van der Waals surface area contributed by atoms with Crippen molar-refractivity contribution in [1.82, 2.24) is 4.90 Å². The van der Waals surface area contributed by atoms with Crippen LogP contribution in [0.3, 0.4) is 0 Å². The average molecular weight is 361 g/mol. The number of rotatable bonds is 2. The van der Waals surface area contributed by atoms with Crippen LogP contribution in [0.15, 0.2) is 18.2 Å². The Balaban J connectivity index is 2.22. The number of halogens is 3. The van der Waals surface area contributed by atoms with Crippen molar-refractivity contribution < 1.29 is 32.5 Å². The summed E-state index contributed by atoms with van der Waals surface area (Å²) in [6.45, 7) is 5.65. The Bertz CT molecular complexity index is 640. The summed E-state index contributed by atoms with van der Waals surface area (Å²) in [4.78, 5) is 13.6. The maximum Gasteiger partial charge on any atom is 0.416 e. The third-order valence-corrected chi connectivity index (χ3v) is 3.98. The SMILES string of the molecule is COC1CN(C(=O)OC(C)(C)C)CC1c1ccc(C(F)(F)F)cc1O. The van der Waals surface area contributed by atoms with Gasteiger partial charge < -0.3 is 19.5 Å². The van der Waals surface area contributed by atoms with Crippen LogP contribution in [0.5, 0.6) is 5.75 Å². The number of alkyl halides is 3. The number of likely N-dealkylation sites (tertiary alicyclic amines) is 1. The van der Waals surface area contributed by atoms with E-state index >= 15 is 0 Å². The predicted molar refractivity (Wildman–Crippen MR) is 84.5 cm³/mol. The first-order valence-electron chi connectivity index (χ1n) is 7.83. The zero-order chi connectivity index (χ0) is 19.0. The summed E-state index contributed by atoms with van der Waals surface area (Å²) in [6.07, 6.45) is -5.51. The van der Waals surface area contributed by atoms with E-state index in [0.29, 0.717) is 11.6 Å². The van der Waals surface area contributed by atoms with Crippen LogP contribution >= 0.6 is 0 Å². The number of ether oxygens (including phenoxy) is 2. The number of hydrogen-bond acceptors (Lipinski definition) is 4. The van der Waals surface area contributed by atoms with Gasteiger partial charge in [-0.05, 0) is 32.9 Å². The van der Waals surface area contributed by atoms with E-state index in [0.717, 1.165) is 6.07 Å². The van der Waals surface area contributed by atoms with Gasteiger partial charge in [0.25, 0.3) is 0 Å². The molecule has 1 aliphatic rings. The van der Waals surface area contributed by atoms with Gasteiger partial charge >= 0.3 is 12.3 Å². The van der Waals surface area contributed by atoms with Crippen LogP contribution in [-0.2, 0) is 15.7 Å². The number of nitrogens with zero attached hydrogens (tertiary/aromatic N) is 1. The Labute approximate surface area is 144 Å². The Morgan fingerprint density at radius 1 is 1.24 bits per heavy atom. The van der Waals surface area contributed by atoms with E-state index in [1.54, 1.807) is 20.8 Å². The van der Waals surface area contributed by atoms with Gasteiger partial charge in [-0.2, -0.15) is 13.2 Å². The van der Waals surface area contributed by atoms with Crippen molar-refractivity contribution in [3.05, 3.63) is 29.3 Å². The molecule has 0 radical (unpaired) electrons. The maximum atomic E-state index is 12.7. The van der Waals surface area contributed by atoms with Crippen LogP contribution in [0.4, 0.5) is 18.0 Å². The number of hydrogen-bond donors (Lipinski definition) is 1. The van der Waals surface area contributed by atoms with Crippen molar-refractivity contribution in [3.63, 3.8) is 0 Å². The number of phenols is 1. The molecule has 2 unspecified atom stereocenters. The van der Waals surface area contributed by atoms with Gasteiger partial charge in [0.05, 0.1) is 18.2 Å². The van der Waals surface area contributed by atoms with Crippen LogP contribution in [0, 0.1) is 0 Å². The summed E-state index contributed by atoms with van der Waals surface area (Å²) in [5.74, 6) is -0.910. The van der Waals surface area contributed by atoms with E-state index in [1.807, 2.05) is 0 Å². The number of aromatic hydroxyl groups is 1. The van der Waals surface area contributed by atoms with E-state index in [4.69, 9.17) is 9.47 Å². The Morgan fingerprint density at radius 3 is 2.36 bits per heavy atom. The van der Waals surface area contributed by atoms with E-state index in [1.165, 1.54) is 18.1 Å². The Morgan fingerprint density at radius 2 is 1.88 bits per heavy atom. The van der Waals surface area contributed by atoms with Crippen molar-refractivity contribution in [1.29, 1.82) is 0 Å². The minimum Gasteiger partial charge on any atom is -0.508 e. The van der Waals surface area contributed by atoms with Gasteiger partial charge in [0, 0.05) is 25.1 Å². The number of carbonyl (C=O) groups excluding carboxylic acids is 1. The monoisotopic (exact) mass is 361 g/mol. The lowest BCUT2D eigenvalue weighted by molar-refractivity contribution is -0.137. The highest BCUT2D eigenvalue weighted by molar-refractivity contribution is 5.69. The van der Waals surface area contributed by atoms with Crippen molar-refractivity contribution in [2.24, 2.45) is 0 Å². The molecule has 1 N–H and O–H groups in total. The molecular formula is C17H22F3NO4. The molecule has 2 atom stereocenters. The minimum absolute atomic E-state index is 0.187. The van der Waals surface area contributed by atoms with E-state index in [2.05, 4.69) is 0 Å². The second kappa shape index (κ2) is 6.74. The number of amides is 1. The molecule has 0 saturated carbocycles. The molecule has 0 spiro atoms. The minimum atomic E-state index is -4.53. The summed E-state index contributed by atoms with van der Waals surface area (Å²) in [5, 5.41) is 10.0. The van der Waals surface area contributed by atoms with Crippen LogP contribution in [0.2, 0.25) is 0 Å². The highest BCUT2D eigenvalue weighted by atomic mass is 19.4. The van der Waals surface area contributed by atoms with Crippen LogP contribution in [-0.4, -0.2) is 48.0 Å². The highest BCUT2D eigenvalue weighted by Crippen LogP contribution is 2.38. The zero-order valence-electron chi connectivity index (χ0n) is 14.6. The second-order valence-corrected chi connectivity index (χ2v) is 7.04. The van der Waals surface area contributed by atoms with Crippen molar-refractivity contribution in [2.45, 2.75) is 44.6 Å². The van der Waals surface area contributed by atoms with Crippen LogP contribution in [0.25, 0.3) is 0 Å². The molecule has 1 fully saturated rings. The fourth-order valence-corrected chi connectivity index (χ4v) is 2.82. The first-order valence-corrected chi connectivity index (χ1v) is 7.83. The largest absolute Gasteiger partial charge is 0.508 e. The number of phenolic OH excluding ortho intramolecular Hbond substituents is 1. The molecule has 0 aliphatic carbocycles. The molecule has 1 aromatic carbocycles. The lowest BCUT2D eigenvalue weighted by Gasteiger charge is -2.24. The molecule has 0 bridgehead atoms. The number of methoxy groups -OCH3 is 1. The van der Waals surface area contributed by atoms with E-state index in [9.17, 15) is 23.1 Å². The third kappa shape index (κ3) is 4.56. The maximum absolute atomic E-state index is 12.7. The molecule has 140 valence electrons. The summed E-state index contributed by atoms with van der Waals surface area (Å²) in [5.41, 5.74) is -1.27. The van der Waals surface area contributed by atoms with Crippen molar-refractivity contribution in [3.8, 4) is 5.75 Å². The zero-order valence-corrected chi connectivity index (χ0v) is 14.6. The fraction of sp³-hybridized carbons (Fsp3) is 0.588. The first kappa shape index (κ1) is 19.4. The molecule has 1 aromatic rings. The predicted octanol–water partition coefficient (Wildman–Crippen LogP) is 3.76. The topological polar surface area (TPSA) is 59.0 Å². The smallest absolute Gasteiger partial charge is 0.416 e. The standard InChI is InChI=1S/C17H22F3NO4/c1-16(2,3)25-15(23)21-8-12(14(9-21)24-4)11-6-5-10(7-13(11)22)17(18,19)20/h5-7,12,14,22H,8-9H2,1-4H3. The number of benzene rings is 1. The molecule has 1 amide bonds. The molecule has 1 heterocycles. The van der Waals surface area contributed by atoms with Crippen molar-refractivity contribution >= 4 is 6.09 Å². The normalized spacial score (nSPS) is 21.5. The summed E-state index contributed by atoms with van der Waals surface area (Å²) in [7, 11) is 1.46. The lowest BCUT2D eigenvalue weighted by Crippen LogP contribution is -2.36. The van der Waals surface area contributed by atoms with Gasteiger partial charge in [-0.15, -0.1) is 0 Å². The summed E-state index contributed by atoms with van der Waals surface area (Å²) >= 11 is 0. The molecule has 25 heavy (non-hydrogen) atoms. The van der Waals surface area contributed by atoms with Gasteiger partial charge in [-0.1, -0.05) is 6.07 Å². The van der Waals surface area contributed by atoms with Gasteiger partial charge in [0.2, 0.25) is 0 Å². The van der Waals surface area contributed by atoms with Crippen molar-refractivity contribution in [2.75, 3.05) is 20.2 Å². The average Bonchev–Trinajstić information content (AvgIpc) is 2.88. The van der Waals surface area contributed by atoms with Gasteiger partial charge in [0.1, 0.15) is 11.4 Å². The lowest BCUT2D eigenvalue weighted by atomic mass is 9.94. The molecule has 5 nitrogen and oxygen atoms in total. The van der Waals surface area contributed by atoms with E-state index < -0.39 is 41.2 Å². The van der Waals surface area contributed by atoms with Gasteiger partial charge in [0.15, 0.2) is 0 Å². The first-order chi connectivity index (χ1) is 11.4. The third-order valence-electron chi connectivity index (χ3n) is 3.98. The quantitative estimate of drug-likeness (QED) is 0.871. The molecule has 1 saturated heterocycles. The molecule has 8 heteroatoms. The van der Waals surface area contributed by atoms with Crippen LogP contribution in [0.1, 0.15) is 37.8 Å². The Kier molecular flexibility index (Phi) is 5.22. The van der Waals surface area contributed by atoms with Crippen LogP contribution < -0.4 is 0 Å². The molecule has 2 rings (SSSR count). The number of carbonyl (C=O) groups is 1. The Hall–Kier alpha value is -1.96. The van der Waals surface area contributed by atoms with Gasteiger partial charge in [-0.25, -0.2) is 4.79 Å². The summed E-state index contributed by atoms with van der Waals surface area (Å²) in [6, 6.07) is 2.84. The molecule has 0 aromatic heterocycles. The van der Waals surface area contributed by atoms with E-state index in [-0.39, 0.29) is 13.1 Å². The second-order valence-electron chi connectivity index (χ2n) is 7.04. The fourth-order valence-electron chi connectivity index (χ4n) is 2.82.